The average molecular weight is 496 g/mol. The zero-order valence-electron chi connectivity index (χ0n) is 21.0. The summed E-state index contributed by atoms with van der Waals surface area (Å²) in [4.78, 5) is 17.8. The van der Waals surface area contributed by atoms with Crippen LogP contribution >= 0.6 is 0 Å². The lowest BCUT2D eigenvalue weighted by atomic mass is 9.57. The molecule has 0 saturated heterocycles. The summed E-state index contributed by atoms with van der Waals surface area (Å²) in [6.45, 7) is 2.87. The van der Waals surface area contributed by atoms with Gasteiger partial charge in [-0.1, -0.05) is 12.1 Å². The van der Waals surface area contributed by atoms with Gasteiger partial charge >= 0.3 is 0 Å². The summed E-state index contributed by atoms with van der Waals surface area (Å²) in [5.74, 6) is 0.952. The smallest absolute Gasteiger partial charge is 0.259 e. The number of nitrogens with one attached hydrogen (secondary N) is 2. The Bertz CT molecular complexity index is 1520. The first-order valence-corrected chi connectivity index (χ1v) is 12.6. The number of carbonyl (C=O) groups is 1. The topological polar surface area (TPSA) is 126 Å². The fourth-order valence-corrected chi connectivity index (χ4v) is 5.48. The number of hydrogen-bond acceptors (Lipinski definition) is 7. The van der Waals surface area contributed by atoms with Crippen LogP contribution in [0, 0.1) is 17.2 Å². The summed E-state index contributed by atoms with van der Waals surface area (Å²) in [7, 11) is 1.94. The number of carbonyl (C=O) groups excluding carboxylic acids is 1. The monoisotopic (exact) mass is 495 g/mol. The van der Waals surface area contributed by atoms with E-state index in [-0.39, 0.29) is 16.9 Å². The highest BCUT2D eigenvalue weighted by Gasteiger charge is 2.49. The van der Waals surface area contributed by atoms with Crippen molar-refractivity contribution in [3.8, 4) is 6.07 Å². The Morgan fingerprint density at radius 1 is 1.27 bits per heavy atom. The Morgan fingerprint density at radius 3 is 2.84 bits per heavy atom. The number of amides is 1. The number of pyridine rings is 1. The first kappa shape index (κ1) is 23.3. The van der Waals surface area contributed by atoms with Crippen LogP contribution in [-0.2, 0) is 19.0 Å². The van der Waals surface area contributed by atoms with Crippen LogP contribution in [0.2, 0.25) is 0 Å². The second kappa shape index (κ2) is 8.78. The van der Waals surface area contributed by atoms with Crippen LogP contribution in [0.5, 0.6) is 0 Å². The Morgan fingerprint density at radius 2 is 2.11 bits per heavy atom. The lowest BCUT2D eigenvalue weighted by Crippen LogP contribution is -2.44. The number of nitrogens with zero attached hydrogens (tertiary/aromatic N) is 7. The van der Waals surface area contributed by atoms with Crippen LogP contribution in [0.4, 0.5) is 5.69 Å². The lowest BCUT2D eigenvalue weighted by Gasteiger charge is -2.46. The first-order chi connectivity index (χ1) is 17.9. The number of hydrogen-bond donors (Lipinski definition) is 2. The van der Waals surface area contributed by atoms with Gasteiger partial charge in [0.2, 0.25) is 0 Å². The zero-order valence-corrected chi connectivity index (χ0v) is 21.0. The van der Waals surface area contributed by atoms with Crippen molar-refractivity contribution in [2.75, 3.05) is 5.32 Å². The standard InChI is InChI=1S/C27H29N9O/c1-26(7-8-26)30-14-19-10-22(23-29-16-32-36(23)15-19)24(37)33-21-5-3-4-20(11-21)27(12-18(13-27)6-9-28)25-34-31-17-35(25)2/h3-5,10-11,15-18,30H,6-8,12-14H2,1-2H3,(H,33,37). The van der Waals surface area contributed by atoms with E-state index < -0.39 is 0 Å². The molecule has 0 unspecified atom stereocenters. The van der Waals surface area contributed by atoms with Crippen molar-refractivity contribution in [3.05, 3.63) is 71.7 Å². The number of nitriles is 1. The molecule has 0 aliphatic heterocycles. The van der Waals surface area contributed by atoms with E-state index in [2.05, 4.69) is 50.0 Å². The van der Waals surface area contributed by atoms with Crippen LogP contribution in [0.25, 0.3) is 5.65 Å². The third-order valence-electron chi connectivity index (χ3n) is 7.86. The summed E-state index contributed by atoms with van der Waals surface area (Å²) in [6, 6.07) is 12.1. The maximum Gasteiger partial charge on any atom is 0.259 e. The minimum Gasteiger partial charge on any atom is -0.322 e. The SMILES string of the molecule is Cn1cnnc1C1(c2cccc(NC(=O)c3cc(CNC4(C)CC4)cn4ncnc34)c2)CC(CC#N)C1. The molecule has 37 heavy (non-hydrogen) atoms. The first-order valence-electron chi connectivity index (χ1n) is 12.6. The van der Waals surface area contributed by atoms with Gasteiger partial charge in [-0.15, -0.1) is 10.2 Å². The Labute approximate surface area is 214 Å². The molecule has 2 saturated carbocycles. The van der Waals surface area contributed by atoms with Crippen molar-refractivity contribution < 1.29 is 4.79 Å². The van der Waals surface area contributed by atoms with E-state index in [0.717, 1.165) is 42.6 Å². The molecular weight excluding hydrogens is 466 g/mol. The summed E-state index contributed by atoms with van der Waals surface area (Å²) < 4.78 is 3.60. The molecule has 6 rings (SSSR count). The molecule has 10 nitrogen and oxygen atoms in total. The molecule has 4 aromatic rings. The summed E-state index contributed by atoms with van der Waals surface area (Å²) in [5.41, 5.74) is 3.57. The summed E-state index contributed by atoms with van der Waals surface area (Å²) >= 11 is 0. The molecule has 0 bridgehead atoms. The number of aryl methyl sites for hydroxylation is 1. The molecule has 2 aliphatic rings. The molecule has 2 fully saturated rings. The van der Waals surface area contributed by atoms with Gasteiger partial charge in [-0.25, -0.2) is 9.50 Å². The molecular formula is C27H29N9O. The van der Waals surface area contributed by atoms with Crippen LogP contribution in [-0.4, -0.2) is 40.8 Å². The van der Waals surface area contributed by atoms with E-state index in [1.165, 1.54) is 6.33 Å². The van der Waals surface area contributed by atoms with E-state index in [0.29, 0.717) is 35.8 Å². The normalized spacial score (nSPS) is 21.8. The highest BCUT2D eigenvalue weighted by atomic mass is 16.1. The number of aromatic nitrogens is 6. The van der Waals surface area contributed by atoms with Gasteiger partial charge in [0.25, 0.3) is 5.91 Å². The Hall–Kier alpha value is -4.10. The Balaban J connectivity index is 1.28. The molecule has 1 amide bonds. The maximum atomic E-state index is 13.5. The summed E-state index contributed by atoms with van der Waals surface area (Å²) in [6.07, 6.45) is 9.56. The van der Waals surface area contributed by atoms with Gasteiger partial charge in [0.1, 0.15) is 18.5 Å². The molecule has 2 N–H and O–H groups in total. The van der Waals surface area contributed by atoms with Gasteiger partial charge in [0.05, 0.1) is 17.0 Å². The average Bonchev–Trinajstić information content (AvgIpc) is 3.21. The second-order valence-corrected chi connectivity index (χ2v) is 10.7. The van der Waals surface area contributed by atoms with Crippen molar-refractivity contribution in [3.63, 3.8) is 0 Å². The fourth-order valence-electron chi connectivity index (χ4n) is 5.48. The van der Waals surface area contributed by atoms with Crippen LogP contribution in [0.15, 0.2) is 49.2 Å². The number of benzene rings is 1. The van der Waals surface area contributed by atoms with Crippen molar-refractivity contribution >= 4 is 17.2 Å². The van der Waals surface area contributed by atoms with Gasteiger partial charge in [-0.2, -0.15) is 10.4 Å². The molecule has 188 valence electrons. The van der Waals surface area contributed by atoms with Crippen LogP contribution in [0.1, 0.15) is 66.3 Å². The van der Waals surface area contributed by atoms with Gasteiger partial charge in [-0.3, -0.25) is 4.79 Å². The molecule has 0 atom stereocenters. The Kier molecular flexibility index (Phi) is 5.53. The second-order valence-electron chi connectivity index (χ2n) is 10.7. The van der Waals surface area contributed by atoms with Crippen molar-refractivity contribution in [2.24, 2.45) is 13.0 Å². The van der Waals surface area contributed by atoms with Gasteiger partial charge in [-0.05, 0) is 67.9 Å². The highest BCUT2D eigenvalue weighted by molar-refractivity contribution is 6.08. The van der Waals surface area contributed by atoms with Crippen LogP contribution < -0.4 is 10.6 Å². The predicted molar refractivity (Wildman–Crippen MR) is 137 cm³/mol. The van der Waals surface area contributed by atoms with E-state index in [1.54, 1.807) is 10.8 Å². The number of rotatable bonds is 8. The van der Waals surface area contributed by atoms with E-state index in [4.69, 9.17) is 0 Å². The predicted octanol–water partition coefficient (Wildman–Crippen LogP) is 3.36. The van der Waals surface area contributed by atoms with Gasteiger partial charge in [0, 0.05) is 37.4 Å². The fraction of sp³-hybridized carbons (Fsp3) is 0.407. The lowest BCUT2D eigenvalue weighted by molar-refractivity contribution is 0.102. The third kappa shape index (κ3) is 4.25. The minimum atomic E-state index is -0.335. The quantitative estimate of drug-likeness (QED) is 0.384. The molecule has 2 aliphatic carbocycles. The van der Waals surface area contributed by atoms with Crippen molar-refractivity contribution in [2.45, 2.75) is 56.5 Å². The molecule has 10 heteroatoms. The van der Waals surface area contributed by atoms with E-state index in [9.17, 15) is 10.1 Å². The molecule has 3 aromatic heterocycles. The van der Waals surface area contributed by atoms with Gasteiger partial charge < -0.3 is 15.2 Å². The van der Waals surface area contributed by atoms with E-state index >= 15 is 0 Å². The molecule has 3 heterocycles. The van der Waals surface area contributed by atoms with E-state index in [1.807, 2.05) is 42.1 Å². The minimum absolute atomic E-state index is 0.187. The van der Waals surface area contributed by atoms with Crippen molar-refractivity contribution in [1.29, 1.82) is 5.26 Å². The largest absolute Gasteiger partial charge is 0.322 e. The third-order valence-corrected chi connectivity index (χ3v) is 7.86. The molecule has 1 aromatic carbocycles. The van der Waals surface area contributed by atoms with Crippen molar-refractivity contribution in [1.82, 2.24) is 34.7 Å². The number of fused-ring (bicyclic) bond motifs is 1. The van der Waals surface area contributed by atoms with Gasteiger partial charge in [0.15, 0.2) is 5.65 Å². The van der Waals surface area contributed by atoms with Crippen LogP contribution in [0.3, 0.4) is 0 Å². The zero-order chi connectivity index (χ0) is 25.6. The molecule has 0 radical (unpaired) electrons. The number of anilines is 1. The molecule has 0 spiro atoms. The maximum absolute atomic E-state index is 13.5. The summed E-state index contributed by atoms with van der Waals surface area (Å²) in [5, 5.41) is 28.6. The highest BCUT2D eigenvalue weighted by Crippen LogP contribution is 2.53.